The molecule has 0 aliphatic carbocycles. The van der Waals surface area contributed by atoms with Crippen molar-refractivity contribution in [2.24, 2.45) is 0 Å². The maximum absolute atomic E-state index is 12.3. The Kier molecular flexibility index (Phi) is 3.85. The predicted octanol–water partition coefficient (Wildman–Crippen LogP) is 4.73. The fraction of sp³-hybridized carbons (Fsp3) is 0.154. The molecule has 0 spiro atoms. The molecule has 0 radical (unpaired) electrons. The number of benzene rings is 1. The van der Waals surface area contributed by atoms with Gasteiger partial charge in [-0.1, -0.05) is 29.3 Å². The van der Waals surface area contributed by atoms with Crippen LogP contribution in [0.15, 0.2) is 27.5 Å². The van der Waals surface area contributed by atoms with Crippen LogP contribution < -0.4 is 5.43 Å². The van der Waals surface area contributed by atoms with Gasteiger partial charge >= 0.3 is 0 Å². The van der Waals surface area contributed by atoms with Gasteiger partial charge in [0.25, 0.3) is 0 Å². The number of rotatable bonds is 1. The van der Waals surface area contributed by atoms with Crippen LogP contribution in [0, 0.1) is 13.8 Å². The molecule has 0 atom stereocenters. The molecule has 0 aliphatic rings. The van der Waals surface area contributed by atoms with Gasteiger partial charge in [0.15, 0.2) is 0 Å². The first-order valence-electron chi connectivity index (χ1n) is 5.26. The zero-order valence-corrected chi connectivity index (χ0v) is 12.9. The molecule has 0 amide bonds. The van der Waals surface area contributed by atoms with Crippen molar-refractivity contribution in [3.63, 3.8) is 0 Å². The van der Waals surface area contributed by atoms with E-state index in [1.807, 2.05) is 13.8 Å². The summed E-state index contributed by atoms with van der Waals surface area (Å²) in [6, 6.07) is 5.17. The number of pyridine rings is 1. The zero-order valence-electron chi connectivity index (χ0n) is 9.77. The average Bonchev–Trinajstić information content (AvgIpc) is 2.31. The normalized spacial score (nSPS) is 10.7. The molecule has 2 rings (SSSR count). The molecule has 1 aromatic heterocycles. The summed E-state index contributed by atoms with van der Waals surface area (Å²) in [5, 5.41) is 0.908. The van der Waals surface area contributed by atoms with E-state index in [4.69, 9.17) is 23.2 Å². The Morgan fingerprint density at radius 2 is 1.78 bits per heavy atom. The first kappa shape index (κ1) is 13.7. The van der Waals surface area contributed by atoms with Crippen molar-refractivity contribution in [3.8, 4) is 11.1 Å². The summed E-state index contributed by atoms with van der Waals surface area (Å²) in [5.41, 5.74) is 2.91. The lowest BCUT2D eigenvalue weighted by molar-refractivity contribution is 1.10. The molecule has 1 N–H and O–H groups in total. The van der Waals surface area contributed by atoms with Gasteiger partial charge in [0, 0.05) is 17.0 Å². The lowest BCUT2D eigenvalue weighted by Gasteiger charge is -2.09. The molecule has 0 fully saturated rings. The van der Waals surface area contributed by atoms with E-state index in [1.165, 1.54) is 0 Å². The molecular weight excluding hydrogens is 337 g/mol. The van der Waals surface area contributed by atoms with Crippen LogP contribution >= 0.6 is 39.1 Å². The Balaban J connectivity index is 2.75. The van der Waals surface area contributed by atoms with Crippen LogP contribution in [0.25, 0.3) is 11.1 Å². The van der Waals surface area contributed by atoms with Crippen LogP contribution in [0.4, 0.5) is 0 Å². The summed E-state index contributed by atoms with van der Waals surface area (Å²) < 4.78 is 0.536. The Morgan fingerprint density at radius 1 is 1.11 bits per heavy atom. The molecular formula is C13H10BrCl2NO. The number of aryl methyl sites for hydroxylation is 2. The summed E-state index contributed by atoms with van der Waals surface area (Å²) in [4.78, 5) is 15.4. The summed E-state index contributed by atoms with van der Waals surface area (Å²) in [6.45, 7) is 3.70. The summed E-state index contributed by atoms with van der Waals surface area (Å²) in [7, 11) is 0. The van der Waals surface area contributed by atoms with E-state index >= 15 is 0 Å². The van der Waals surface area contributed by atoms with Gasteiger partial charge in [-0.3, -0.25) is 4.79 Å². The van der Waals surface area contributed by atoms with E-state index in [-0.39, 0.29) is 5.43 Å². The molecule has 94 valence electrons. The molecule has 0 unspecified atom stereocenters. The highest BCUT2D eigenvalue weighted by Gasteiger charge is 2.13. The number of H-pyrrole nitrogens is 1. The third-order valence-corrected chi connectivity index (χ3v) is 4.41. The first-order chi connectivity index (χ1) is 8.41. The average molecular weight is 347 g/mol. The van der Waals surface area contributed by atoms with Gasteiger partial charge in [0.1, 0.15) is 0 Å². The van der Waals surface area contributed by atoms with Crippen LogP contribution in [-0.2, 0) is 0 Å². The molecule has 0 saturated carbocycles. The number of aromatic nitrogens is 1. The Labute approximate surface area is 123 Å². The number of nitrogens with one attached hydrogen (secondary N) is 1. The van der Waals surface area contributed by atoms with Crippen molar-refractivity contribution in [1.29, 1.82) is 0 Å². The second kappa shape index (κ2) is 5.08. The molecule has 1 heterocycles. The van der Waals surface area contributed by atoms with E-state index in [1.54, 1.807) is 18.2 Å². The molecule has 2 nitrogen and oxygen atoms in total. The van der Waals surface area contributed by atoms with Gasteiger partial charge in [0.05, 0.1) is 14.5 Å². The quantitative estimate of drug-likeness (QED) is 0.795. The summed E-state index contributed by atoms with van der Waals surface area (Å²) >= 11 is 15.2. The standard InChI is InChI=1S/C13H10BrCl2NO/c1-6-11(13(18)12(14)7(2)17-6)8-3-4-9(15)10(16)5-8/h3-5H,1-2H3,(H,17,18). The molecule has 0 aliphatic heterocycles. The van der Waals surface area contributed by atoms with Crippen molar-refractivity contribution in [1.82, 2.24) is 4.98 Å². The molecule has 0 bridgehead atoms. The van der Waals surface area contributed by atoms with Gasteiger partial charge in [-0.25, -0.2) is 0 Å². The van der Waals surface area contributed by atoms with Crippen LogP contribution in [-0.4, -0.2) is 4.98 Å². The maximum Gasteiger partial charge on any atom is 0.204 e. The first-order valence-corrected chi connectivity index (χ1v) is 6.81. The third kappa shape index (κ3) is 2.35. The lowest BCUT2D eigenvalue weighted by Crippen LogP contribution is -2.11. The highest BCUT2D eigenvalue weighted by atomic mass is 79.9. The zero-order chi connectivity index (χ0) is 13.4. The number of hydrogen-bond donors (Lipinski definition) is 1. The molecule has 18 heavy (non-hydrogen) atoms. The van der Waals surface area contributed by atoms with Crippen molar-refractivity contribution >= 4 is 39.1 Å². The Bertz CT molecular complexity index is 679. The van der Waals surface area contributed by atoms with E-state index < -0.39 is 0 Å². The molecule has 0 saturated heterocycles. The summed E-state index contributed by atoms with van der Waals surface area (Å²) in [5.74, 6) is 0. The topological polar surface area (TPSA) is 32.9 Å². The highest BCUT2D eigenvalue weighted by molar-refractivity contribution is 9.10. The van der Waals surface area contributed by atoms with Gasteiger partial charge < -0.3 is 4.98 Å². The van der Waals surface area contributed by atoms with Crippen LogP contribution in [0.1, 0.15) is 11.4 Å². The van der Waals surface area contributed by atoms with E-state index in [2.05, 4.69) is 20.9 Å². The predicted molar refractivity (Wildman–Crippen MR) is 79.7 cm³/mol. The smallest absolute Gasteiger partial charge is 0.204 e. The number of aromatic amines is 1. The SMILES string of the molecule is Cc1[nH]c(C)c(-c2ccc(Cl)c(Cl)c2)c(=O)c1Br. The Morgan fingerprint density at radius 3 is 2.39 bits per heavy atom. The minimum Gasteiger partial charge on any atom is -0.361 e. The van der Waals surface area contributed by atoms with E-state index in [0.717, 1.165) is 17.0 Å². The van der Waals surface area contributed by atoms with Crippen molar-refractivity contribution in [2.75, 3.05) is 0 Å². The monoisotopic (exact) mass is 345 g/mol. The van der Waals surface area contributed by atoms with Gasteiger partial charge in [-0.15, -0.1) is 0 Å². The van der Waals surface area contributed by atoms with Gasteiger partial charge in [0.2, 0.25) is 5.43 Å². The van der Waals surface area contributed by atoms with Crippen molar-refractivity contribution in [2.45, 2.75) is 13.8 Å². The van der Waals surface area contributed by atoms with Crippen LogP contribution in [0.5, 0.6) is 0 Å². The lowest BCUT2D eigenvalue weighted by atomic mass is 10.0. The van der Waals surface area contributed by atoms with Gasteiger partial charge in [-0.2, -0.15) is 0 Å². The van der Waals surface area contributed by atoms with Gasteiger partial charge in [-0.05, 0) is 47.5 Å². The molecule has 2 aromatic rings. The molecule has 1 aromatic carbocycles. The minimum absolute atomic E-state index is 0.0536. The molecule has 5 heteroatoms. The van der Waals surface area contributed by atoms with E-state index in [0.29, 0.717) is 20.1 Å². The highest BCUT2D eigenvalue weighted by Crippen LogP contribution is 2.29. The number of halogens is 3. The minimum atomic E-state index is -0.0536. The fourth-order valence-electron chi connectivity index (χ4n) is 1.85. The van der Waals surface area contributed by atoms with E-state index in [9.17, 15) is 4.79 Å². The van der Waals surface area contributed by atoms with Crippen molar-refractivity contribution in [3.05, 3.63) is 54.3 Å². The third-order valence-electron chi connectivity index (χ3n) is 2.71. The van der Waals surface area contributed by atoms with Crippen molar-refractivity contribution < 1.29 is 0 Å². The summed E-state index contributed by atoms with van der Waals surface area (Å²) in [6.07, 6.45) is 0. The second-order valence-corrected chi connectivity index (χ2v) is 5.63. The van der Waals surface area contributed by atoms with Crippen LogP contribution in [0.2, 0.25) is 10.0 Å². The largest absolute Gasteiger partial charge is 0.361 e. The number of hydrogen-bond acceptors (Lipinski definition) is 1. The Hall–Kier alpha value is -0.770. The fourth-order valence-corrected chi connectivity index (χ4v) is 2.44. The van der Waals surface area contributed by atoms with Crippen LogP contribution in [0.3, 0.4) is 0 Å². The maximum atomic E-state index is 12.3. The second-order valence-electron chi connectivity index (χ2n) is 4.02.